The number of benzene rings is 2. The van der Waals surface area contributed by atoms with E-state index in [0.29, 0.717) is 40.8 Å². The second-order valence-corrected chi connectivity index (χ2v) is 6.45. The van der Waals surface area contributed by atoms with Crippen LogP contribution in [0.5, 0.6) is 11.5 Å². The monoisotopic (exact) mass is 364 g/mol. The fraction of sp³-hybridized carbons (Fsp3) is 0.211. The number of anilines is 2. The van der Waals surface area contributed by atoms with Crippen molar-refractivity contribution in [3.8, 4) is 11.5 Å². The van der Waals surface area contributed by atoms with Crippen LogP contribution < -0.4 is 19.7 Å². The van der Waals surface area contributed by atoms with E-state index in [1.807, 2.05) is 11.0 Å². The summed E-state index contributed by atoms with van der Waals surface area (Å²) in [5, 5.41) is 2.84. The lowest BCUT2D eigenvalue weighted by Gasteiger charge is -2.33. The van der Waals surface area contributed by atoms with Crippen molar-refractivity contribution in [2.75, 3.05) is 37.1 Å². The van der Waals surface area contributed by atoms with E-state index in [1.54, 1.807) is 42.3 Å². The number of hydrogen-bond donors (Lipinski definition) is 1. The molecular weight excluding hydrogens is 348 g/mol. The van der Waals surface area contributed by atoms with Crippen LogP contribution in [0.15, 0.2) is 41.4 Å². The van der Waals surface area contributed by atoms with Gasteiger partial charge in [-0.1, -0.05) is 0 Å². The van der Waals surface area contributed by atoms with Crippen LogP contribution in [0, 0.1) is 0 Å². The van der Waals surface area contributed by atoms with Crippen molar-refractivity contribution in [1.29, 1.82) is 0 Å². The van der Waals surface area contributed by atoms with Gasteiger partial charge < -0.3 is 19.7 Å². The molecule has 3 aliphatic rings. The number of fused-ring (bicyclic) bond motifs is 4. The fourth-order valence-corrected chi connectivity index (χ4v) is 3.48. The maximum Gasteiger partial charge on any atom is 0.262 e. The second kappa shape index (κ2) is 5.73. The molecule has 0 aromatic heterocycles. The quantitative estimate of drug-likeness (QED) is 0.880. The van der Waals surface area contributed by atoms with Crippen molar-refractivity contribution >= 4 is 29.1 Å². The minimum Gasteiger partial charge on any atom is -0.454 e. The van der Waals surface area contributed by atoms with Crippen LogP contribution >= 0.6 is 0 Å². The van der Waals surface area contributed by atoms with Crippen LogP contribution in [0.3, 0.4) is 0 Å². The summed E-state index contributed by atoms with van der Waals surface area (Å²) < 4.78 is 10.6. The first-order chi connectivity index (χ1) is 13.1. The smallest absolute Gasteiger partial charge is 0.262 e. The number of ether oxygens (including phenoxy) is 2. The molecule has 2 aromatic rings. The maximum atomic E-state index is 12.7. The van der Waals surface area contributed by atoms with E-state index in [-0.39, 0.29) is 18.6 Å². The summed E-state index contributed by atoms with van der Waals surface area (Å²) in [6.07, 6.45) is 0. The van der Waals surface area contributed by atoms with Crippen LogP contribution in [0.25, 0.3) is 0 Å². The van der Waals surface area contributed by atoms with Gasteiger partial charge >= 0.3 is 0 Å². The zero-order valence-corrected chi connectivity index (χ0v) is 14.6. The molecule has 0 fully saturated rings. The molecule has 0 saturated heterocycles. The average molecular weight is 364 g/mol. The molecule has 3 heterocycles. The Morgan fingerprint density at radius 1 is 1.15 bits per heavy atom. The van der Waals surface area contributed by atoms with Crippen molar-refractivity contribution in [3.05, 3.63) is 47.5 Å². The van der Waals surface area contributed by atoms with Gasteiger partial charge in [-0.3, -0.25) is 19.5 Å². The first-order valence-electron chi connectivity index (χ1n) is 8.57. The van der Waals surface area contributed by atoms with Crippen molar-refractivity contribution in [2.24, 2.45) is 4.99 Å². The molecule has 8 heteroatoms. The Morgan fingerprint density at radius 3 is 2.89 bits per heavy atom. The SMILES string of the molecule is CN1C(=O)c2cc(NC(=O)c3ccc4c(c3)OCO4)ccc2N2CCN=C12. The maximum absolute atomic E-state index is 12.7. The Morgan fingerprint density at radius 2 is 2.00 bits per heavy atom. The molecule has 0 radical (unpaired) electrons. The van der Waals surface area contributed by atoms with Gasteiger partial charge in [0.05, 0.1) is 17.8 Å². The van der Waals surface area contributed by atoms with E-state index in [0.717, 1.165) is 12.2 Å². The molecule has 0 spiro atoms. The van der Waals surface area contributed by atoms with E-state index in [1.165, 1.54) is 0 Å². The normalized spacial score (nSPS) is 16.8. The first kappa shape index (κ1) is 15.7. The van der Waals surface area contributed by atoms with Crippen LogP contribution in [-0.4, -0.2) is 49.6 Å². The van der Waals surface area contributed by atoms with Crippen molar-refractivity contribution in [1.82, 2.24) is 4.90 Å². The lowest BCUT2D eigenvalue weighted by molar-refractivity contribution is 0.0865. The van der Waals surface area contributed by atoms with Crippen LogP contribution in [0.4, 0.5) is 11.4 Å². The number of hydrogen-bond acceptors (Lipinski definition) is 6. The number of aliphatic imine (C=N–C) groups is 1. The third-order valence-electron chi connectivity index (χ3n) is 4.83. The molecule has 0 atom stereocenters. The van der Waals surface area contributed by atoms with Gasteiger partial charge in [-0.05, 0) is 36.4 Å². The largest absolute Gasteiger partial charge is 0.454 e. The molecule has 2 aromatic carbocycles. The highest BCUT2D eigenvalue weighted by molar-refractivity contribution is 6.19. The number of guanidine groups is 1. The van der Waals surface area contributed by atoms with Gasteiger partial charge in [-0.2, -0.15) is 0 Å². The Bertz CT molecular complexity index is 1020. The molecule has 3 aliphatic heterocycles. The molecule has 136 valence electrons. The molecular formula is C19H16N4O4. The van der Waals surface area contributed by atoms with Crippen molar-refractivity contribution in [3.63, 3.8) is 0 Å². The third-order valence-corrected chi connectivity index (χ3v) is 4.83. The van der Waals surface area contributed by atoms with Gasteiger partial charge in [-0.15, -0.1) is 0 Å². The van der Waals surface area contributed by atoms with Gasteiger partial charge in [0.1, 0.15) is 0 Å². The third kappa shape index (κ3) is 2.41. The molecule has 5 rings (SSSR count). The lowest BCUT2D eigenvalue weighted by atomic mass is 10.1. The predicted molar refractivity (Wildman–Crippen MR) is 98.7 cm³/mol. The Hall–Kier alpha value is -3.55. The topological polar surface area (TPSA) is 83.5 Å². The first-order valence-corrected chi connectivity index (χ1v) is 8.57. The summed E-state index contributed by atoms with van der Waals surface area (Å²) in [4.78, 5) is 33.2. The van der Waals surface area contributed by atoms with Crippen molar-refractivity contribution in [2.45, 2.75) is 0 Å². The number of nitrogens with zero attached hydrogens (tertiary/aromatic N) is 3. The standard InChI is InChI=1S/C19H16N4O4/c1-22-18(25)13-9-12(3-4-14(13)23-7-6-20-19(22)23)21-17(24)11-2-5-15-16(8-11)27-10-26-15/h2-5,8-9H,6-7,10H2,1H3,(H,21,24). The summed E-state index contributed by atoms with van der Waals surface area (Å²) in [6.45, 7) is 1.56. The second-order valence-electron chi connectivity index (χ2n) is 6.45. The molecule has 0 unspecified atom stereocenters. The Kier molecular flexibility index (Phi) is 3.33. The number of nitrogens with one attached hydrogen (secondary N) is 1. The number of carbonyl (C=O) groups excluding carboxylic acids is 2. The van der Waals surface area contributed by atoms with Gasteiger partial charge in [-0.25, -0.2) is 0 Å². The van der Waals surface area contributed by atoms with Crippen molar-refractivity contribution < 1.29 is 19.1 Å². The highest BCUT2D eigenvalue weighted by Crippen LogP contribution is 2.34. The molecule has 2 amide bonds. The minimum atomic E-state index is -0.284. The predicted octanol–water partition coefficient (Wildman–Crippen LogP) is 1.93. The zero-order valence-electron chi connectivity index (χ0n) is 14.6. The summed E-state index contributed by atoms with van der Waals surface area (Å²) in [5.74, 6) is 1.42. The zero-order chi connectivity index (χ0) is 18.5. The highest BCUT2D eigenvalue weighted by atomic mass is 16.7. The lowest BCUT2D eigenvalue weighted by Crippen LogP contribution is -2.48. The van der Waals surface area contributed by atoms with E-state index in [9.17, 15) is 9.59 Å². The number of amides is 2. The molecule has 8 nitrogen and oxygen atoms in total. The number of carbonyl (C=O) groups is 2. The van der Waals surface area contributed by atoms with E-state index >= 15 is 0 Å². The van der Waals surface area contributed by atoms with Crippen LogP contribution in [-0.2, 0) is 0 Å². The summed E-state index contributed by atoms with van der Waals surface area (Å²) >= 11 is 0. The van der Waals surface area contributed by atoms with Gasteiger partial charge in [0, 0.05) is 24.8 Å². The van der Waals surface area contributed by atoms with E-state index in [2.05, 4.69) is 10.3 Å². The van der Waals surface area contributed by atoms with Gasteiger partial charge in [0.2, 0.25) is 12.8 Å². The summed E-state index contributed by atoms with van der Waals surface area (Å²) in [6, 6.07) is 10.4. The minimum absolute atomic E-state index is 0.138. The molecule has 1 N–H and O–H groups in total. The molecule has 0 bridgehead atoms. The molecule has 0 saturated carbocycles. The Balaban J connectivity index is 1.43. The summed E-state index contributed by atoms with van der Waals surface area (Å²) in [5.41, 5.74) is 2.37. The van der Waals surface area contributed by atoms with Crippen LogP contribution in [0.1, 0.15) is 20.7 Å². The number of rotatable bonds is 2. The highest BCUT2D eigenvalue weighted by Gasteiger charge is 2.35. The molecule has 27 heavy (non-hydrogen) atoms. The Labute approximate surface area is 155 Å². The fourth-order valence-electron chi connectivity index (χ4n) is 3.48. The van der Waals surface area contributed by atoms with Gasteiger partial charge in [0.15, 0.2) is 11.5 Å². The van der Waals surface area contributed by atoms with E-state index in [4.69, 9.17) is 9.47 Å². The van der Waals surface area contributed by atoms with Gasteiger partial charge in [0.25, 0.3) is 11.8 Å². The van der Waals surface area contributed by atoms with Crippen LogP contribution in [0.2, 0.25) is 0 Å². The summed E-state index contributed by atoms with van der Waals surface area (Å²) in [7, 11) is 1.71. The molecule has 0 aliphatic carbocycles. The average Bonchev–Trinajstić information content (AvgIpc) is 3.34. The van der Waals surface area contributed by atoms with E-state index < -0.39 is 0 Å².